The number of hydrogen-bond donors (Lipinski definition) is 1. The van der Waals surface area contributed by atoms with Crippen molar-refractivity contribution in [2.75, 3.05) is 5.32 Å². The Morgan fingerprint density at radius 2 is 1.86 bits per heavy atom. The van der Waals surface area contributed by atoms with Gasteiger partial charge in [-0.25, -0.2) is 4.98 Å². The maximum atomic E-state index is 13.0. The van der Waals surface area contributed by atoms with Crippen LogP contribution in [-0.4, -0.2) is 15.5 Å². The Hall–Kier alpha value is -3.06. The van der Waals surface area contributed by atoms with E-state index in [4.69, 9.17) is 0 Å². The molecule has 1 aromatic heterocycles. The van der Waals surface area contributed by atoms with Crippen LogP contribution in [0.25, 0.3) is 17.3 Å². The molecular formula is C21H19ClF3N3O. The summed E-state index contributed by atoms with van der Waals surface area (Å²) in [4.78, 5) is 16.4. The summed E-state index contributed by atoms with van der Waals surface area (Å²) in [5.74, 6) is 0.339. The van der Waals surface area contributed by atoms with E-state index in [0.717, 1.165) is 35.3 Å². The lowest BCUT2D eigenvalue weighted by molar-refractivity contribution is -0.137. The summed E-state index contributed by atoms with van der Waals surface area (Å²) in [6.07, 6.45) is -0.491. The van der Waals surface area contributed by atoms with Crippen molar-refractivity contribution < 1.29 is 18.0 Å². The molecule has 0 aliphatic heterocycles. The molecule has 0 unspecified atom stereocenters. The first-order valence-electron chi connectivity index (χ1n) is 8.50. The third-order valence-electron chi connectivity index (χ3n) is 4.33. The molecule has 1 N–H and O–H groups in total. The summed E-state index contributed by atoms with van der Waals surface area (Å²) >= 11 is 0. The number of amides is 1. The first kappa shape index (κ1) is 22.2. The number of imidazole rings is 1. The minimum Gasteiger partial charge on any atom is -0.331 e. The van der Waals surface area contributed by atoms with Gasteiger partial charge in [-0.1, -0.05) is 30.3 Å². The van der Waals surface area contributed by atoms with E-state index in [0.29, 0.717) is 5.69 Å². The molecule has 29 heavy (non-hydrogen) atoms. The number of nitrogens with zero attached hydrogens (tertiary/aromatic N) is 2. The van der Waals surface area contributed by atoms with E-state index in [1.54, 1.807) is 24.4 Å². The average molecular weight is 422 g/mol. The van der Waals surface area contributed by atoms with Crippen LogP contribution in [0.4, 0.5) is 18.9 Å². The number of aromatic nitrogens is 2. The predicted octanol–water partition coefficient (Wildman–Crippen LogP) is 5.49. The third-order valence-corrected chi connectivity index (χ3v) is 4.33. The molecule has 1 heterocycles. The van der Waals surface area contributed by atoms with Crippen molar-refractivity contribution in [2.24, 2.45) is 7.05 Å². The van der Waals surface area contributed by atoms with Gasteiger partial charge in [0.25, 0.3) is 0 Å². The molecule has 3 rings (SSSR count). The van der Waals surface area contributed by atoms with E-state index in [9.17, 15) is 18.0 Å². The molecule has 4 nitrogen and oxygen atoms in total. The van der Waals surface area contributed by atoms with Crippen LogP contribution < -0.4 is 5.32 Å². The van der Waals surface area contributed by atoms with Crippen molar-refractivity contribution in [3.8, 4) is 11.3 Å². The minimum absolute atomic E-state index is 0. The topological polar surface area (TPSA) is 46.9 Å². The fraction of sp³-hybridized carbons (Fsp3) is 0.143. The fourth-order valence-corrected chi connectivity index (χ4v) is 2.78. The average Bonchev–Trinajstić information content (AvgIpc) is 2.99. The van der Waals surface area contributed by atoms with Crippen molar-refractivity contribution in [3.63, 3.8) is 0 Å². The molecule has 0 saturated heterocycles. The number of aryl methyl sites for hydroxylation is 1. The fourth-order valence-electron chi connectivity index (χ4n) is 2.78. The van der Waals surface area contributed by atoms with E-state index < -0.39 is 17.6 Å². The first-order valence-corrected chi connectivity index (χ1v) is 8.50. The van der Waals surface area contributed by atoms with Crippen LogP contribution in [-0.2, 0) is 18.0 Å². The highest BCUT2D eigenvalue weighted by Crippen LogP contribution is 2.32. The van der Waals surface area contributed by atoms with Crippen molar-refractivity contribution in [1.82, 2.24) is 9.55 Å². The smallest absolute Gasteiger partial charge is 0.331 e. The monoisotopic (exact) mass is 421 g/mol. The molecule has 0 atom stereocenters. The van der Waals surface area contributed by atoms with Gasteiger partial charge in [-0.15, -0.1) is 12.4 Å². The molecule has 0 radical (unpaired) electrons. The molecule has 0 spiro atoms. The Bertz CT molecular complexity index is 1040. The van der Waals surface area contributed by atoms with Crippen LogP contribution in [0.5, 0.6) is 0 Å². The van der Waals surface area contributed by atoms with Gasteiger partial charge >= 0.3 is 6.18 Å². The number of carbonyl (C=O) groups is 1. The van der Waals surface area contributed by atoms with Crippen LogP contribution in [0, 0.1) is 6.92 Å². The number of halogens is 4. The van der Waals surface area contributed by atoms with E-state index in [1.165, 1.54) is 18.2 Å². The number of hydrogen-bond acceptors (Lipinski definition) is 2. The Kier molecular flexibility index (Phi) is 6.87. The Morgan fingerprint density at radius 1 is 1.14 bits per heavy atom. The minimum atomic E-state index is -4.48. The van der Waals surface area contributed by atoms with Crippen molar-refractivity contribution >= 4 is 30.1 Å². The van der Waals surface area contributed by atoms with Gasteiger partial charge in [0.05, 0.1) is 17.5 Å². The van der Waals surface area contributed by atoms with Crippen LogP contribution in [0.2, 0.25) is 0 Å². The second-order valence-electron chi connectivity index (χ2n) is 6.24. The number of alkyl halides is 3. The number of rotatable bonds is 4. The number of nitrogens with one attached hydrogen (secondary N) is 1. The summed E-state index contributed by atoms with van der Waals surface area (Å²) in [5, 5.41) is 2.67. The zero-order valence-electron chi connectivity index (χ0n) is 15.7. The highest BCUT2D eigenvalue weighted by atomic mass is 35.5. The summed E-state index contributed by atoms with van der Waals surface area (Å²) in [5.41, 5.74) is 1.45. The van der Waals surface area contributed by atoms with Gasteiger partial charge in [-0.2, -0.15) is 13.2 Å². The van der Waals surface area contributed by atoms with E-state index in [1.807, 2.05) is 24.6 Å². The highest BCUT2D eigenvalue weighted by molar-refractivity contribution is 6.02. The molecule has 2 aromatic carbocycles. The lowest BCUT2D eigenvalue weighted by Gasteiger charge is -2.10. The Labute approximate surface area is 172 Å². The number of carbonyl (C=O) groups excluding carboxylic acids is 1. The summed E-state index contributed by atoms with van der Waals surface area (Å²) < 4.78 is 41.0. The quantitative estimate of drug-likeness (QED) is 0.566. The molecule has 3 aromatic rings. The van der Waals surface area contributed by atoms with Gasteiger partial charge in [-0.3, -0.25) is 4.79 Å². The molecule has 1 amide bonds. The summed E-state index contributed by atoms with van der Waals surface area (Å²) in [6.45, 7) is 1.89. The zero-order valence-corrected chi connectivity index (χ0v) is 16.5. The van der Waals surface area contributed by atoms with Gasteiger partial charge in [0.2, 0.25) is 5.91 Å². The van der Waals surface area contributed by atoms with E-state index >= 15 is 0 Å². The molecule has 0 aliphatic rings. The van der Waals surface area contributed by atoms with Crippen LogP contribution in [0.1, 0.15) is 17.0 Å². The van der Waals surface area contributed by atoms with Crippen LogP contribution >= 0.6 is 12.4 Å². The second kappa shape index (κ2) is 8.96. The number of benzene rings is 2. The maximum absolute atomic E-state index is 13.0. The maximum Gasteiger partial charge on any atom is 0.416 e. The largest absolute Gasteiger partial charge is 0.416 e. The molecular weight excluding hydrogens is 403 g/mol. The van der Waals surface area contributed by atoms with Gasteiger partial charge in [0, 0.05) is 24.4 Å². The highest BCUT2D eigenvalue weighted by Gasteiger charge is 2.32. The molecule has 152 valence electrons. The molecule has 0 fully saturated rings. The molecule has 0 aliphatic carbocycles. The Morgan fingerprint density at radius 3 is 2.52 bits per heavy atom. The van der Waals surface area contributed by atoms with Gasteiger partial charge < -0.3 is 9.88 Å². The SMILES string of the molecule is Cc1ncc(-c2cccc(NC(=O)C=Cc3ccccc3C(F)(F)F)c2)n1C.Cl. The predicted molar refractivity (Wildman–Crippen MR) is 110 cm³/mol. The molecule has 0 saturated carbocycles. The normalized spacial score (nSPS) is 11.3. The van der Waals surface area contributed by atoms with Crippen molar-refractivity contribution in [2.45, 2.75) is 13.1 Å². The van der Waals surface area contributed by atoms with E-state index in [2.05, 4.69) is 10.3 Å². The summed E-state index contributed by atoms with van der Waals surface area (Å²) in [6, 6.07) is 12.3. The first-order chi connectivity index (χ1) is 13.3. The molecule has 8 heteroatoms. The third kappa shape index (κ3) is 5.26. The second-order valence-corrected chi connectivity index (χ2v) is 6.24. The van der Waals surface area contributed by atoms with Crippen molar-refractivity contribution in [1.29, 1.82) is 0 Å². The van der Waals surface area contributed by atoms with Crippen molar-refractivity contribution in [3.05, 3.63) is 77.8 Å². The Balaban J connectivity index is 0.00000300. The molecule has 0 bridgehead atoms. The summed E-state index contributed by atoms with van der Waals surface area (Å²) in [7, 11) is 1.89. The standard InChI is InChI=1S/C21H18F3N3O.ClH/c1-14-25-13-19(27(14)2)16-7-5-8-17(12-16)26-20(28)11-10-15-6-3-4-9-18(15)21(22,23)24;/h3-13H,1-2H3,(H,26,28);1H. The van der Waals surface area contributed by atoms with E-state index in [-0.39, 0.29) is 18.0 Å². The van der Waals surface area contributed by atoms with Crippen LogP contribution in [0.3, 0.4) is 0 Å². The van der Waals surface area contributed by atoms with Gasteiger partial charge in [0.15, 0.2) is 0 Å². The number of anilines is 1. The van der Waals surface area contributed by atoms with Gasteiger partial charge in [0.1, 0.15) is 5.82 Å². The van der Waals surface area contributed by atoms with Gasteiger partial charge in [-0.05, 0) is 36.8 Å². The zero-order chi connectivity index (χ0) is 20.3. The lowest BCUT2D eigenvalue weighted by Crippen LogP contribution is -2.09. The lowest BCUT2D eigenvalue weighted by atomic mass is 10.1. The van der Waals surface area contributed by atoms with Crippen LogP contribution in [0.15, 0.2) is 60.8 Å².